The number of rotatable bonds is 6. The summed E-state index contributed by atoms with van der Waals surface area (Å²) in [5, 5.41) is 7.13. The Morgan fingerprint density at radius 3 is 3.05 bits per heavy atom. The molecule has 1 aromatic rings. The van der Waals surface area contributed by atoms with Gasteiger partial charge in [0.25, 0.3) is 0 Å². The minimum absolute atomic E-state index is 0. The first-order valence-electron chi connectivity index (χ1n) is 7.03. The second-order valence-electron chi connectivity index (χ2n) is 5.14. The highest BCUT2D eigenvalue weighted by atomic mass is 35.5. The summed E-state index contributed by atoms with van der Waals surface area (Å²) in [5.74, 6) is 2.04. The van der Waals surface area contributed by atoms with Gasteiger partial charge in [-0.15, -0.1) is 24.2 Å². The molecule has 2 N–H and O–H groups in total. The summed E-state index contributed by atoms with van der Waals surface area (Å²) in [6.45, 7) is 2.93. The van der Waals surface area contributed by atoms with Crippen LogP contribution in [0.2, 0.25) is 5.02 Å². The molecule has 1 aliphatic heterocycles. The van der Waals surface area contributed by atoms with E-state index in [0.717, 1.165) is 36.0 Å². The van der Waals surface area contributed by atoms with Gasteiger partial charge < -0.3 is 10.6 Å². The third-order valence-electron chi connectivity index (χ3n) is 3.38. The Morgan fingerprint density at radius 2 is 2.33 bits per heavy atom. The van der Waals surface area contributed by atoms with Gasteiger partial charge in [-0.2, -0.15) is 0 Å². The molecule has 1 fully saturated rings. The fourth-order valence-corrected chi connectivity index (χ4v) is 3.31. The molecule has 0 saturated carbocycles. The predicted molar refractivity (Wildman–Crippen MR) is 93.5 cm³/mol. The Labute approximate surface area is 142 Å². The van der Waals surface area contributed by atoms with Crippen molar-refractivity contribution in [1.29, 1.82) is 0 Å². The van der Waals surface area contributed by atoms with Crippen molar-refractivity contribution in [3.8, 4) is 0 Å². The molecule has 0 bridgehead atoms. The number of carbonyl (C=O) groups excluding carboxylic acids is 1. The second kappa shape index (κ2) is 10.3. The summed E-state index contributed by atoms with van der Waals surface area (Å²) in [7, 11) is 0. The van der Waals surface area contributed by atoms with Crippen molar-refractivity contribution < 1.29 is 4.79 Å². The van der Waals surface area contributed by atoms with Crippen LogP contribution in [0.4, 0.5) is 0 Å². The van der Waals surface area contributed by atoms with Crippen LogP contribution >= 0.6 is 35.8 Å². The molecule has 1 amide bonds. The average molecular weight is 349 g/mol. The molecular weight excluding hydrogens is 327 g/mol. The van der Waals surface area contributed by atoms with E-state index in [-0.39, 0.29) is 18.3 Å². The minimum atomic E-state index is 0. The molecule has 21 heavy (non-hydrogen) atoms. The van der Waals surface area contributed by atoms with Gasteiger partial charge in [-0.3, -0.25) is 4.79 Å². The third kappa shape index (κ3) is 7.41. The number of halogens is 2. The lowest BCUT2D eigenvalue weighted by atomic mass is 10.00. The molecule has 0 aromatic heterocycles. The van der Waals surface area contributed by atoms with Crippen molar-refractivity contribution >= 4 is 41.7 Å². The predicted octanol–water partition coefficient (Wildman–Crippen LogP) is 3.11. The SMILES string of the molecule is Cl.O=C(CSCc1cccc(Cl)c1)NCC1CCCNC1. The van der Waals surface area contributed by atoms with Crippen molar-refractivity contribution in [3.05, 3.63) is 34.9 Å². The van der Waals surface area contributed by atoms with E-state index in [1.54, 1.807) is 11.8 Å². The molecule has 2 rings (SSSR count). The maximum absolute atomic E-state index is 11.8. The van der Waals surface area contributed by atoms with Crippen LogP contribution in [0.25, 0.3) is 0 Å². The zero-order valence-electron chi connectivity index (χ0n) is 11.9. The molecule has 118 valence electrons. The number of thioether (sulfide) groups is 1. The molecule has 1 aromatic carbocycles. The normalized spacial score (nSPS) is 17.9. The number of piperidine rings is 1. The monoisotopic (exact) mass is 348 g/mol. The van der Waals surface area contributed by atoms with Crippen LogP contribution < -0.4 is 10.6 Å². The average Bonchev–Trinajstić information content (AvgIpc) is 2.46. The van der Waals surface area contributed by atoms with Crippen molar-refractivity contribution in [2.24, 2.45) is 5.92 Å². The van der Waals surface area contributed by atoms with Gasteiger partial charge in [0.15, 0.2) is 0 Å². The number of nitrogens with one attached hydrogen (secondary N) is 2. The lowest BCUT2D eigenvalue weighted by molar-refractivity contribution is -0.118. The van der Waals surface area contributed by atoms with E-state index >= 15 is 0 Å². The second-order valence-corrected chi connectivity index (χ2v) is 6.56. The maximum Gasteiger partial charge on any atom is 0.230 e. The van der Waals surface area contributed by atoms with Crippen molar-refractivity contribution in [2.45, 2.75) is 18.6 Å². The molecule has 6 heteroatoms. The Kier molecular flexibility index (Phi) is 9.16. The van der Waals surface area contributed by atoms with Crippen LogP contribution in [-0.4, -0.2) is 31.3 Å². The summed E-state index contributed by atoms with van der Waals surface area (Å²) in [5.41, 5.74) is 1.16. The summed E-state index contributed by atoms with van der Waals surface area (Å²) in [6, 6.07) is 7.78. The summed E-state index contributed by atoms with van der Waals surface area (Å²) in [4.78, 5) is 11.8. The minimum Gasteiger partial charge on any atom is -0.355 e. The van der Waals surface area contributed by atoms with Gasteiger partial charge >= 0.3 is 0 Å². The van der Waals surface area contributed by atoms with Gasteiger partial charge in [0.1, 0.15) is 0 Å². The van der Waals surface area contributed by atoms with Gasteiger partial charge in [0, 0.05) is 17.3 Å². The zero-order chi connectivity index (χ0) is 14.2. The lowest BCUT2D eigenvalue weighted by Gasteiger charge is -2.22. The first kappa shape index (κ1) is 18.6. The van der Waals surface area contributed by atoms with E-state index in [0.29, 0.717) is 11.7 Å². The van der Waals surface area contributed by atoms with E-state index in [9.17, 15) is 4.79 Å². The molecule has 3 nitrogen and oxygen atoms in total. The van der Waals surface area contributed by atoms with E-state index in [1.165, 1.54) is 12.8 Å². The molecule has 0 spiro atoms. The van der Waals surface area contributed by atoms with Crippen LogP contribution in [-0.2, 0) is 10.5 Å². The van der Waals surface area contributed by atoms with Crippen LogP contribution in [0.3, 0.4) is 0 Å². The van der Waals surface area contributed by atoms with Gasteiger partial charge in [0.05, 0.1) is 5.75 Å². The van der Waals surface area contributed by atoms with Crippen LogP contribution in [0, 0.1) is 5.92 Å². The Bertz CT molecular complexity index is 439. The van der Waals surface area contributed by atoms with Crippen LogP contribution in [0.15, 0.2) is 24.3 Å². The Hall–Kier alpha value is -0.420. The topological polar surface area (TPSA) is 41.1 Å². The molecule has 1 aliphatic rings. The molecule has 1 unspecified atom stereocenters. The number of hydrogen-bond donors (Lipinski definition) is 2. The highest BCUT2D eigenvalue weighted by Crippen LogP contribution is 2.16. The summed E-state index contributed by atoms with van der Waals surface area (Å²) < 4.78 is 0. The highest BCUT2D eigenvalue weighted by molar-refractivity contribution is 7.99. The number of hydrogen-bond acceptors (Lipinski definition) is 3. The summed E-state index contributed by atoms with van der Waals surface area (Å²) >= 11 is 7.55. The molecule has 1 atom stereocenters. The van der Waals surface area contributed by atoms with E-state index in [1.807, 2.05) is 24.3 Å². The van der Waals surface area contributed by atoms with Gasteiger partial charge in [0.2, 0.25) is 5.91 Å². The number of amides is 1. The van der Waals surface area contributed by atoms with E-state index in [4.69, 9.17) is 11.6 Å². The van der Waals surface area contributed by atoms with Crippen LogP contribution in [0.5, 0.6) is 0 Å². The van der Waals surface area contributed by atoms with Gasteiger partial charge in [-0.1, -0.05) is 23.7 Å². The standard InChI is InChI=1S/C15H21ClN2OS.ClH/c16-14-5-1-3-12(7-14)10-20-11-15(19)18-9-13-4-2-6-17-8-13;/h1,3,5,7,13,17H,2,4,6,8-11H2,(H,18,19);1H. The van der Waals surface area contributed by atoms with E-state index in [2.05, 4.69) is 10.6 Å². The van der Waals surface area contributed by atoms with Crippen molar-refractivity contribution in [2.75, 3.05) is 25.4 Å². The zero-order valence-corrected chi connectivity index (χ0v) is 14.3. The van der Waals surface area contributed by atoms with Crippen molar-refractivity contribution in [3.63, 3.8) is 0 Å². The molecule has 1 saturated heterocycles. The lowest BCUT2D eigenvalue weighted by Crippen LogP contribution is -2.38. The fourth-order valence-electron chi connectivity index (χ4n) is 2.30. The molecule has 0 radical (unpaired) electrons. The molecule has 1 heterocycles. The first-order chi connectivity index (χ1) is 9.74. The third-order valence-corrected chi connectivity index (χ3v) is 4.62. The summed E-state index contributed by atoms with van der Waals surface area (Å²) in [6.07, 6.45) is 2.42. The first-order valence-corrected chi connectivity index (χ1v) is 8.57. The number of carbonyl (C=O) groups is 1. The fraction of sp³-hybridized carbons (Fsp3) is 0.533. The van der Waals surface area contributed by atoms with Gasteiger partial charge in [-0.25, -0.2) is 0 Å². The maximum atomic E-state index is 11.8. The van der Waals surface area contributed by atoms with Gasteiger partial charge in [-0.05, 0) is 49.5 Å². The smallest absolute Gasteiger partial charge is 0.230 e. The highest BCUT2D eigenvalue weighted by Gasteiger charge is 2.13. The molecular formula is C15H22Cl2N2OS. The Morgan fingerprint density at radius 1 is 1.48 bits per heavy atom. The van der Waals surface area contributed by atoms with Crippen LogP contribution in [0.1, 0.15) is 18.4 Å². The van der Waals surface area contributed by atoms with Crippen molar-refractivity contribution in [1.82, 2.24) is 10.6 Å². The quantitative estimate of drug-likeness (QED) is 0.829. The molecule has 0 aliphatic carbocycles. The number of benzene rings is 1. The largest absolute Gasteiger partial charge is 0.355 e. The van der Waals surface area contributed by atoms with E-state index < -0.39 is 0 Å². The Balaban J connectivity index is 0.00000220.